The van der Waals surface area contributed by atoms with Gasteiger partial charge in [-0.1, -0.05) is 284 Å². The van der Waals surface area contributed by atoms with Gasteiger partial charge in [0.25, 0.3) is 0 Å². The van der Waals surface area contributed by atoms with Crippen molar-refractivity contribution in [1.82, 2.24) is 0 Å². The summed E-state index contributed by atoms with van der Waals surface area (Å²) in [6, 6.07) is 0. The van der Waals surface area contributed by atoms with Crippen LogP contribution in [0.4, 0.5) is 0 Å². The molecule has 0 bridgehead atoms. The highest BCUT2D eigenvalue weighted by molar-refractivity contribution is 7.47. The van der Waals surface area contributed by atoms with Gasteiger partial charge in [-0.3, -0.25) is 37.3 Å². The van der Waals surface area contributed by atoms with Crippen LogP contribution in [0.25, 0.3) is 0 Å². The fraction of sp³-hybridized carbons (Fsp3) is 0.711. The molecule has 0 spiro atoms. The van der Waals surface area contributed by atoms with Crippen molar-refractivity contribution in [3.05, 3.63) is 122 Å². The standard InChI is InChI=1S/C83H142O17P2/c1-5-9-13-17-21-25-29-33-36-38-41-45-48-52-56-60-64-68-81(86)94-74-79(100-83(88)70-66-62-58-54-50-46-42-39-37-34-30-26-22-18-14-10-6-2)76-98-102(91,92)96-72-77(84)71-95-101(89,90)97-75-78(99-82(87)69-65-61-57-53-49-43-32-28-24-20-16-12-8-4)73-93-80(85)67-63-59-55-51-47-44-40-35-31-27-23-19-15-11-7-3/h9,13,21-23,25-27,33-37,40-42,45-46,54,58,77-79,84H,5-8,10-12,14-20,24,28-32,38-39,43-44,47-53,55-57,59-76H2,1-4H3,(H,89,90)(H,91,92)/t77?,78-,79-/m1/s1. The number of phosphoric ester groups is 2. The number of carbonyl (C=O) groups excluding carboxylic acids is 4. The molecule has 0 rings (SSSR count). The predicted octanol–water partition coefficient (Wildman–Crippen LogP) is 23.1. The van der Waals surface area contributed by atoms with Crippen molar-refractivity contribution in [1.29, 1.82) is 0 Å². The van der Waals surface area contributed by atoms with Gasteiger partial charge in [0.05, 0.1) is 26.4 Å². The zero-order valence-corrected chi connectivity index (χ0v) is 65.8. The van der Waals surface area contributed by atoms with Gasteiger partial charge in [0.1, 0.15) is 19.3 Å². The fourth-order valence-corrected chi connectivity index (χ4v) is 11.9. The number of allylic oxidation sites excluding steroid dienone is 20. The zero-order chi connectivity index (χ0) is 74.6. The van der Waals surface area contributed by atoms with Crippen molar-refractivity contribution in [2.45, 2.75) is 341 Å². The van der Waals surface area contributed by atoms with Gasteiger partial charge < -0.3 is 33.8 Å². The van der Waals surface area contributed by atoms with E-state index < -0.39 is 97.5 Å². The summed E-state index contributed by atoms with van der Waals surface area (Å²) < 4.78 is 68.5. The number of rotatable bonds is 74. The van der Waals surface area contributed by atoms with Gasteiger partial charge in [0.15, 0.2) is 12.2 Å². The van der Waals surface area contributed by atoms with Crippen molar-refractivity contribution in [3.8, 4) is 0 Å². The SMILES string of the molecule is CCC=CCC=CCC=CCC=CCCCCCCC(=O)OC[C@H](COP(=O)(O)OCC(O)COP(=O)(O)OC[C@@H](COC(=O)CCCCCCCC=CCC=CCCCCC)OC(=O)CCCCCCCCCCCCCCC)OC(=O)CCCC=CCC=CCC=CCC=CCCCCC. The van der Waals surface area contributed by atoms with Crippen molar-refractivity contribution in [2.24, 2.45) is 0 Å². The third kappa shape index (κ3) is 73.8. The van der Waals surface area contributed by atoms with Crippen LogP contribution >= 0.6 is 15.6 Å². The lowest BCUT2D eigenvalue weighted by atomic mass is 10.0. The van der Waals surface area contributed by atoms with Crippen LogP contribution in [0.15, 0.2) is 122 Å². The molecule has 3 unspecified atom stereocenters. The van der Waals surface area contributed by atoms with Crippen molar-refractivity contribution in [2.75, 3.05) is 39.6 Å². The lowest BCUT2D eigenvalue weighted by molar-refractivity contribution is -0.161. The smallest absolute Gasteiger partial charge is 0.462 e. The first kappa shape index (κ1) is 97.5. The normalized spacial score (nSPS) is 14.5. The van der Waals surface area contributed by atoms with Crippen LogP contribution in [0, 0.1) is 0 Å². The molecule has 0 aliphatic rings. The number of esters is 4. The summed E-state index contributed by atoms with van der Waals surface area (Å²) in [5, 5.41) is 10.6. The average Bonchev–Trinajstić information content (AvgIpc) is 0.959. The second kappa shape index (κ2) is 74.7. The van der Waals surface area contributed by atoms with Crippen LogP contribution in [0.3, 0.4) is 0 Å². The summed E-state index contributed by atoms with van der Waals surface area (Å²) in [4.78, 5) is 73.0. The van der Waals surface area contributed by atoms with Gasteiger partial charge >= 0.3 is 39.5 Å². The van der Waals surface area contributed by atoms with E-state index in [4.69, 9.17) is 37.0 Å². The molecule has 19 heteroatoms. The topological polar surface area (TPSA) is 237 Å². The number of carbonyl (C=O) groups is 4. The molecule has 586 valence electrons. The Hall–Kier alpha value is -4.54. The first-order valence-electron chi connectivity index (χ1n) is 39.8. The molecule has 102 heavy (non-hydrogen) atoms. The lowest BCUT2D eigenvalue weighted by Crippen LogP contribution is -2.30. The van der Waals surface area contributed by atoms with E-state index in [1.54, 1.807) is 0 Å². The van der Waals surface area contributed by atoms with Crippen LogP contribution in [0.5, 0.6) is 0 Å². The van der Waals surface area contributed by atoms with Crippen LogP contribution in [-0.2, 0) is 65.4 Å². The quantitative estimate of drug-likeness (QED) is 0.0169. The Bertz CT molecular complexity index is 2410. The maximum Gasteiger partial charge on any atom is 0.472 e. The Morgan fingerprint density at radius 3 is 0.843 bits per heavy atom. The third-order valence-electron chi connectivity index (χ3n) is 16.4. The summed E-state index contributed by atoms with van der Waals surface area (Å²) >= 11 is 0. The molecule has 0 amide bonds. The molecule has 5 atom stereocenters. The van der Waals surface area contributed by atoms with E-state index in [1.807, 2.05) is 12.2 Å². The largest absolute Gasteiger partial charge is 0.472 e. The van der Waals surface area contributed by atoms with E-state index in [2.05, 4.69) is 137 Å². The van der Waals surface area contributed by atoms with Gasteiger partial charge in [-0.25, -0.2) is 9.13 Å². The van der Waals surface area contributed by atoms with Gasteiger partial charge in [-0.15, -0.1) is 0 Å². The van der Waals surface area contributed by atoms with Gasteiger partial charge in [0.2, 0.25) is 0 Å². The minimum Gasteiger partial charge on any atom is -0.462 e. The molecule has 0 saturated heterocycles. The number of hydrogen-bond acceptors (Lipinski definition) is 15. The Balaban J connectivity index is 5.44. The summed E-state index contributed by atoms with van der Waals surface area (Å²) in [5.41, 5.74) is 0. The second-order valence-electron chi connectivity index (χ2n) is 26.3. The first-order chi connectivity index (χ1) is 49.7. The molecule has 0 fully saturated rings. The molecule has 0 aliphatic heterocycles. The Morgan fingerprint density at radius 2 is 0.520 bits per heavy atom. The van der Waals surface area contributed by atoms with E-state index in [-0.39, 0.29) is 25.7 Å². The fourth-order valence-electron chi connectivity index (χ4n) is 10.4. The van der Waals surface area contributed by atoms with E-state index in [0.29, 0.717) is 32.1 Å². The summed E-state index contributed by atoms with van der Waals surface area (Å²) in [7, 11) is -9.98. The van der Waals surface area contributed by atoms with Crippen molar-refractivity contribution < 1.29 is 80.2 Å². The minimum atomic E-state index is -5.00. The average molecular weight is 1470 g/mol. The lowest BCUT2D eigenvalue weighted by Gasteiger charge is -2.21. The van der Waals surface area contributed by atoms with Crippen LogP contribution in [0.2, 0.25) is 0 Å². The molecule has 0 aliphatic carbocycles. The summed E-state index contributed by atoms with van der Waals surface area (Å²) in [6.45, 7) is 4.62. The molecule has 0 saturated carbocycles. The number of aliphatic hydroxyl groups excluding tert-OH is 1. The van der Waals surface area contributed by atoms with Gasteiger partial charge in [-0.2, -0.15) is 0 Å². The molecule has 17 nitrogen and oxygen atoms in total. The Morgan fingerprint density at radius 1 is 0.284 bits per heavy atom. The number of unbranched alkanes of at least 4 members (excludes halogenated alkanes) is 28. The molecular weight excluding hydrogens is 1330 g/mol. The van der Waals surface area contributed by atoms with Gasteiger partial charge in [0, 0.05) is 25.7 Å². The third-order valence-corrected chi connectivity index (χ3v) is 18.3. The summed E-state index contributed by atoms with van der Waals surface area (Å²) in [6.07, 6.45) is 81.8. The predicted molar refractivity (Wildman–Crippen MR) is 418 cm³/mol. The van der Waals surface area contributed by atoms with Crippen molar-refractivity contribution in [3.63, 3.8) is 0 Å². The molecule has 0 radical (unpaired) electrons. The van der Waals surface area contributed by atoms with E-state index in [0.717, 1.165) is 148 Å². The van der Waals surface area contributed by atoms with E-state index >= 15 is 0 Å². The maximum atomic E-state index is 13.1. The summed E-state index contributed by atoms with van der Waals surface area (Å²) in [5.74, 6) is -2.27. The Kier molecular flexibility index (Phi) is 71.4. The number of aliphatic hydroxyl groups is 1. The number of phosphoric acid groups is 2. The second-order valence-corrected chi connectivity index (χ2v) is 29.2. The molecule has 0 heterocycles. The van der Waals surface area contributed by atoms with Crippen LogP contribution < -0.4 is 0 Å². The molecule has 0 aromatic carbocycles. The highest BCUT2D eigenvalue weighted by atomic mass is 31.2. The molecule has 0 aromatic heterocycles. The van der Waals surface area contributed by atoms with Gasteiger partial charge in [-0.05, 0) is 135 Å². The monoisotopic (exact) mass is 1470 g/mol. The minimum absolute atomic E-state index is 0.0112. The maximum absolute atomic E-state index is 13.1. The number of hydrogen-bond donors (Lipinski definition) is 3. The van der Waals surface area contributed by atoms with Crippen LogP contribution in [0.1, 0.15) is 323 Å². The van der Waals surface area contributed by atoms with E-state index in [9.17, 15) is 43.2 Å². The molecule has 0 aromatic rings. The highest BCUT2D eigenvalue weighted by Gasteiger charge is 2.30. The zero-order valence-electron chi connectivity index (χ0n) is 64.0. The van der Waals surface area contributed by atoms with Crippen LogP contribution in [-0.4, -0.2) is 96.7 Å². The Labute approximate surface area is 619 Å². The van der Waals surface area contributed by atoms with Crippen molar-refractivity contribution >= 4 is 39.5 Å². The highest BCUT2D eigenvalue weighted by Crippen LogP contribution is 2.45. The molecule has 3 N–H and O–H groups in total. The first-order valence-corrected chi connectivity index (χ1v) is 42.8. The van der Waals surface area contributed by atoms with E-state index in [1.165, 1.54) is 89.9 Å². The molecular formula is C83H142O17P2. The number of ether oxygens (including phenoxy) is 4.